The maximum atomic E-state index is 12.3. The maximum Gasteiger partial charge on any atom is 0.407 e. The van der Waals surface area contributed by atoms with Crippen LogP contribution in [-0.2, 0) is 16.0 Å². The SMILES string of the molecule is COC(=O)c1c(N)c(C#N)c(-c2ccccc2)n1CCNC(=O)OC(C)(C)C. The van der Waals surface area contributed by atoms with Crippen LogP contribution < -0.4 is 11.1 Å². The highest BCUT2D eigenvalue weighted by molar-refractivity contribution is 5.98. The van der Waals surface area contributed by atoms with E-state index in [-0.39, 0.29) is 30.0 Å². The molecule has 0 saturated heterocycles. The Morgan fingerprint density at radius 2 is 1.89 bits per heavy atom. The largest absolute Gasteiger partial charge is 0.464 e. The van der Waals surface area contributed by atoms with Crippen LogP contribution in [0.4, 0.5) is 10.5 Å². The number of nitrogen functional groups attached to an aromatic ring is 1. The summed E-state index contributed by atoms with van der Waals surface area (Å²) in [4.78, 5) is 24.2. The van der Waals surface area contributed by atoms with E-state index in [1.54, 1.807) is 25.3 Å². The monoisotopic (exact) mass is 384 g/mol. The van der Waals surface area contributed by atoms with E-state index in [2.05, 4.69) is 11.4 Å². The first-order valence-corrected chi connectivity index (χ1v) is 8.72. The third-order valence-electron chi connectivity index (χ3n) is 3.84. The number of amides is 1. The summed E-state index contributed by atoms with van der Waals surface area (Å²) in [6.45, 7) is 5.65. The van der Waals surface area contributed by atoms with Crippen molar-refractivity contribution in [1.82, 2.24) is 9.88 Å². The highest BCUT2D eigenvalue weighted by Crippen LogP contribution is 2.33. The summed E-state index contributed by atoms with van der Waals surface area (Å²) in [5, 5.41) is 12.2. The van der Waals surface area contributed by atoms with Crippen LogP contribution in [0.15, 0.2) is 30.3 Å². The zero-order valence-electron chi connectivity index (χ0n) is 16.4. The lowest BCUT2D eigenvalue weighted by atomic mass is 10.1. The molecule has 1 amide bonds. The number of aromatic nitrogens is 1. The number of rotatable bonds is 5. The van der Waals surface area contributed by atoms with Gasteiger partial charge in [-0.1, -0.05) is 30.3 Å². The molecule has 28 heavy (non-hydrogen) atoms. The predicted molar refractivity (Wildman–Crippen MR) is 105 cm³/mol. The van der Waals surface area contributed by atoms with Gasteiger partial charge in [-0.2, -0.15) is 5.26 Å². The second kappa shape index (κ2) is 8.48. The van der Waals surface area contributed by atoms with Crippen LogP contribution in [0.2, 0.25) is 0 Å². The van der Waals surface area contributed by atoms with Crippen LogP contribution in [0.3, 0.4) is 0 Å². The number of carbonyl (C=O) groups excluding carboxylic acids is 2. The van der Waals surface area contributed by atoms with E-state index in [1.807, 2.05) is 30.3 Å². The number of nitrogens with one attached hydrogen (secondary N) is 1. The molecular weight excluding hydrogens is 360 g/mol. The Morgan fingerprint density at radius 1 is 1.25 bits per heavy atom. The van der Waals surface area contributed by atoms with Crippen molar-refractivity contribution in [2.24, 2.45) is 0 Å². The van der Waals surface area contributed by atoms with Gasteiger partial charge in [-0.05, 0) is 26.3 Å². The van der Waals surface area contributed by atoms with E-state index in [1.165, 1.54) is 7.11 Å². The molecule has 2 aromatic rings. The Morgan fingerprint density at radius 3 is 2.43 bits per heavy atom. The lowest BCUT2D eigenvalue weighted by molar-refractivity contribution is 0.0526. The molecule has 0 aliphatic rings. The van der Waals surface area contributed by atoms with Gasteiger partial charge in [-0.3, -0.25) is 0 Å². The van der Waals surface area contributed by atoms with Crippen molar-refractivity contribution in [3.63, 3.8) is 0 Å². The second-order valence-electron chi connectivity index (χ2n) is 7.04. The standard InChI is InChI=1S/C20H24N4O4/c1-20(2,3)28-19(26)23-10-11-24-16(13-8-6-5-7-9-13)14(12-21)15(22)17(24)18(25)27-4/h5-9H,10-11,22H2,1-4H3,(H,23,26). The lowest BCUT2D eigenvalue weighted by Crippen LogP contribution is -2.34. The zero-order chi connectivity index (χ0) is 20.9. The number of carbonyl (C=O) groups is 2. The molecular formula is C20H24N4O4. The molecule has 0 aliphatic carbocycles. The first kappa shape index (κ1) is 20.8. The van der Waals surface area contributed by atoms with Crippen LogP contribution in [0, 0.1) is 11.3 Å². The molecule has 2 rings (SSSR count). The average molecular weight is 384 g/mol. The Balaban J connectivity index is 2.42. The quantitative estimate of drug-likeness (QED) is 0.765. The van der Waals surface area contributed by atoms with Crippen molar-refractivity contribution >= 4 is 17.7 Å². The molecule has 0 fully saturated rings. The van der Waals surface area contributed by atoms with Crippen LogP contribution in [-0.4, -0.2) is 35.9 Å². The fourth-order valence-electron chi connectivity index (χ4n) is 2.77. The smallest absolute Gasteiger partial charge is 0.407 e. The number of ether oxygens (including phenoxy) is 2. The van der Waals surface area contributed by atoms with E-state index in [9.17, 15) is 14.9 Å². The van der Waals surface area contributed by atoms with Gasteiger partial charge in [0.1, 0.15) is 17.2 Å². The van der Waals surface area contributed by atoms with Crippen LogP contribution in [0.1, 0.15) is 36.8 Å². The zero-order valence-corrected chi connectivity index (χ0v) is 16.4. The molecule has 0 aliphatic heterocycles. The Kier molecular flexibility index (Phi) is 6.31. The molecule has 3 N–H and O–H groups in total. The van der Waals surface area contributed by atoms with Gasteiger partial charge >= 0.3 is 12.1 Å². The van der Waals surface area contributed by atoms with Gasteiger partial charge in [0.05, 0.1) is 18.5 Å². The maximum absolute atomic E-state index is 12.3. The minimum absolute atomic E-state index is 0.0467. The van der Waals surface area contributed by atoms with Crippen molar-refractivity contribution in [2.75, 3.05) is 19.4 Å². The number of anilines is 1. The molecule has 0 bridgehead atoms. The number of hydrogen-bond donors (Lipinski definition) is 2. The van der Waals surface area contributed by atoms with Crippen molar-refractivity contribution in [3.8, 4) is 17.3 Å². The van der Waals surface area contributed by atoms with E-state index in [0.717, 1.165) is 5.56 Å². The highest BCUT2D eigenvalue weighted by Gasteiger charge is 2.27. The van der Waals surface area contributed by atoms with Crippen molar-refractivity contribution < 1.29 is 19.1 Å². The van der Waals surface area contributed by atoms with Gasteiger partial charge in [-0.25, -0.2) is 9.59 Å². The number of nitrogens with two attached hydrogens (primary N) is 1. The lowest BCUT2D eigenvalue weighted by Gasteiger charge is -2.20. The van der Waals surface area contributed by atoms with Crippen molar-refractivity contribution in [1.29, 1.82) is 5.26 Å². The summed E-state index contributed by atoms with van der Waals surface area (Å²) in [7, 11) is 1.24. The van der Waals surface area contributed by atoms with Crippen LogP contribution >= 0.6 is 0 Å². The number of nitrogens with zero attached hydrogens (tertiary/aromatic N) is 2. The molecule has 0 radical (unpaired) electrons. The summed E-state index contributed by atoms with van der Waals surface area (Å²) in [6, 6.07) is 11.2. The summed E-state index contributed by atoms with van der Waals surface area (Å²) >= 11 is 0. The molecule has 8 heteroatoms. The fourth-order valence-corrected chi connectivity index (χ4v) is 2.77. The van der Waals surface area contributed by atoms with Gasteiger partial charge in [0.25, 0.3) is 0 Å². The molecule has 0 spiro atoms. The average Bonchev–Trinajstić information content (AvgIpc) is 2.91. The van der Waals surface area contributed by atoms with Crippen LogP contribution in [0.5, 0.6) is 0 Å². The summed E-state index contributed by atoms with van der Waals surface area (Å²) in [5.41, 5.74) is 6.98. The van der Waals surface area contributed by atoms with Gasteiger partial charge in [0.15, 0.2) is 5.69 Å². The van der Waals surface area contributed by atoms with Gasteiger partial charge in [0.2, 0.25) is 0 Å². The Labute approximate surface area is 163 Å². The fraction of sp³-hybridized carbons (Fsp3) is 0.350. The molecule has 0 atom stereocenters. The summed E-state index contributed by atoms with van der Waals surface area (Å²) in [6.07, 6.45) is -0.575. The van der Waals surface area contributed by atoms with Gasteiger partial charge in [0, 0.05) is 13.1 Å². The molecule has 1 aromatic carbocycles. The first-order valence-electron chi connectivity index (χ1n) is 8.72. The topological polar surface area (TPSA) is 119 Å². The van der Waals surface area contributed by atoms with Gasteiger partial charge in [-0.15, -0.1) is 0 Å². The molecule has 148 valence electrons. The minimum atomic E-state index is -0.659. The van der Waals surface area contributed by atoms with Crippen molar-refractivity contribution in [2.45, 2.75) is 32.9 Å². The van der Waals surface area contributed by atoms with E-state index in [4.69, 9.17) is 15.2 Å². The third kappa shape index (κ3) is 4.62. The Hall–Kier alpha value is -3.47. The number of hydrogen-bond acceptors (Lipinski definition) is 6. The first-order chi connectivity index (χ1) is 13.2. The molecule has 1 aromatic heterocycles. The normalized spacial score (nSPS) is 10.8. The number of benzene rings is 1. The van der Waals surface area contributed by atoms with E-state index >= 15 is 0 Å². The molecule has 1 heterocycles. The second-order valence-corrected chi connectivity index (χ2v) is 7.04. The number of methoxy groups -OCH3 is 1. The van der Waals surface area contributed by atoms with Crippen molar-refractivity contribution in [3.05, 3.63) is 41.6 Å². The predicted octanol–water partition coefficient (Wildman–Crippen LogP) is 2.92. The van der Waals surface area contributed by atoms with E-state index < -0.39 is 17.7 Å². The van der Waals surface area contributed by atoms with Gasteiger partial charge < -0.3 is 25.1 Å². The Bertz CT molecular complexity index is 905. The highest BCUT2D eigenvalue weighted by atomic mass is 16.6. The summed E-state index contributed by atoms with van der Waals surface area (Å²) in [5.74, 6) is -0.659. The number of alkyl carbamates (subject to hydrolysis) is 1. The molecule has 8 nitrogen and oxygen atoms in total. The minimum Gasteiger partial charge on any atom is -0.464 e. The van der Waals surface area contributed by atoms with E-state index in [0.29, 0.717) is 5.69 Å². The number of nitriles is 1. The number of esters is 1. The molecule has 0 saturated carbocycles. The molecule has 0 unspecified atom stereocenters. The van der Waals surface area contributed by atoms with Crippen LogP contribution in [0.25, 0.3) is 11.3 Å². The summed E-state index contributed by atoms with van der Waals surface area (Å²) < 4.78 is 11.6. The third-order valence-corrected chi connectivity index (χ3v) is 3.84.